The average molecular weight is 160 g/mol. The molecule has 0 unspecified atom stereocenters. The Hall–Kier alpha value is -0.500. The maximum Gasteiger partial charge on any atom is 0.209 e. The first kappa shape index (κ1) is 7.61. The quantitative estimate of drug-likeness (QED) is 0.620. The van der Waals surface area contributed by atoms with E-state index in [9.17, 15) is 0 Å². The number of oxazole rings is 1. The van der Waals surface area contributed by atoms with Crippen LogP contribution in [0.1, 0.15) is 31.4 Å². The topological polar surface area (TPSA) is 26.0 Å². The zero-order chi connectivity index (χ0) is 7.56. The van der Waals surface area contributed by atoms with Crippen molar-refractivity contribution in [2.45, 2.75) is 25.6 Å². The molecular formula is C7H10ClNO. The van der Waals surface area contributed by atoms with Crippen molar-refractivity contribution in [3.63, 3.8) is 0 Å². The van der Waals surface area contributed by atoms with E-state index in [-0.39, 0.29) is 0 Å². The van der Waals surface area contributed by atoms with Gasteiger partial charge in [0.15, 0.2) is 0 Å². The minimum Gasteiger partial charge on any atom is -0.447 e. The average Bonchev–Trinajstić information content (AvgIpc) is 2.34. The summed E-state index contributed by atoms with van der Waals surface area (Å²) in [7, 11) is 0. The third-order valence-electron chi connectivity index (χ3n) is 1.28. The van der Waals surface area contributed by atoms with Crippen molar-refractivity contribution < 1.29 is 4.42 Å². The SMILES string of the molecule is CC(C)c1coc(CCl)n1. The highest BCUT2D eigenvalue weighted by atomic mass is 35.5. The maximum atomic E-state index is 5.49. The first-order valence-corrected chi connectivity index (χ1v) is 3.77. The molecule has 0 saturated heterocycles. The molecule has 0 aliphatic rings. The smallest absolute Gasteiger partial charge is 0.209 e. The summed E-state index contributed by atoms with van der Waals surface area (Å²) in [6.45, 7) is 4.13. The van der Waals surface area contributed by atoms with E-state index in [0.717, 1.165) is 5.69 Å². The van der Waals surface area contributed by atoms with Crippen LogP contribution < -0.4 is 0 Å². The second-order valence-electron chi connectivity index (χ2n) is 2.45. The van der Waals surface area contributed by atoms with Gasteiger partial charge in [0.2, 0.25) is 5.89 Å². The number of aromatic nitrogens is 1. The van der Waals surface area contributed by atoms with Crippen molar-refractivity contribution in [1.82, 2.24) is 4.98 Å². The third kappa shape index (κ3) is 1.51. The molecule has 0 N–H and O–H groups in total. The molecule has 3 heteroatoms. The fraction of sp³-hybridized carbons (Fsp3) is 0.571. The Morgan fingerprint density at radius 2 is 2.40 bits per heavy atom. The standard InChI is InChI=1S/C7H10ClNO/c1-5(2)6-4-10-7(3-8)9-6/h4-5H,3H2,1-2H3. The van der Waals surface area contributed by atoms with Crippen molar-refractivity contribution >= 4 is 11.6 Å². The molecule has 56 valence electrons. The molecule has 0 aromatic carbocycles. The van der Waals surface area contributed by atoms with Crippen LogP contribution in [0.15, 0.2) is 10.7 Å². The van der Waals surface area contributed by atoms with Crippen molar-refractivity contribution in [3.8, 4) is 0 Å². The molecule has 10 heavy (non-hydrogen) atoms. The molecule has 0 fully saturated rings. The molecule has 2 nitrogen and oxygen atoms in total. The number of hydrogen-bond acceptors (Lipinski definition) is 2. The van der Waals surface area contributed by atoms with Gasteiger partial charge in [-0.15, -0.1) is 11.6 Å². The van der Waals surface area contributed by atoms with Crippen molar-refractivity contribution in [3.05, 3.63) is 17.8 Å². The molecular weight excluding hydrogens is 150 g/mol. The highest BCUT2D eigenvalue weighted by Crippen LogP contribution is 2.13. The summed E-state index contributed by atoms with van der Waals surface area (Å²) in [5.41, 5.74) is 0.968. The summed E-state index contributed by atoms with van der Waals surface area (Å²) in [5, 5.41) is 0. The lowest BCUT2D eigenvalue weighted by atomic mass is 10.2. The van der Waals surface area contributed by atoms with E-state index >= 15 is 0 Å². The van der Waals surface area contributed by atoms with Gasteiger partial charge in [0.1, 0.15) is 6.26 Å². The van der Waals surface area contributed by atoms with Crippen LogP contribution in [-0.2, 0) is 5.88 Å². The van der Waals surface area contributed by atoms with Crippen molar-refractivity contribution in [2.75, 3.05) is 0 Å². The van der Waals surface area contributed by atoms with Gasteiger partial charge in [-0.05, 0) is 5.92 Å². The third-order valence-corrected chi connectivity index (χ3v) is 1.50. The lowest BCUT2D eigenvalue weighted by Crippen LogP contribution is -1.86. The molecule has 0 aliphatic heterocycles. The zero-order valence-corrected chi connectivity index (χ0v) is 6.85. The lowest BCUT2D eigenvalue weighted by Gasteiger charge is -1.93. The van der Waals surface area contributed by atoms with Crippen LogP contribution in [-0.4, -0.2) is 4.98 Å². The second-order valence-corrected chi connectivity index (χ2v) is 2.72. The van der Waals surface area contributed by atoms with Gasteiger partial charge in [-0.25, -0.2) is 4.98 Å². The van der Waals surface area contributed by atoms with E-state index in [0.29, 0.717) is 17.7 Å². The highest BCUT2D eigenvalue weighted by Gasteiger charge is 2.04. The van der Waals surface area contributed by atoms with Gasteiger partial charge in [-0.1, -0.05) is 13.8 Å². The Kier molecular flexibility index (Phi) is 2.33. The van der Waals surface area contributed by atoms with E-state index in [1.165, 1.54) is 0 Å². The first-order valence-electron chi connectivity index (χ1n) is 3.24. The molecule has 0 saturated carbocycles. The number of rotatable bonds is 2. The van der Waals surface area contributed by atoms with Crippen LogP contribution in [0.3, 0.4) is 0 Å². The monoisotopic (exact) mass is 159 g/mol. The Labute approximate surface area is 65.2 Å². The Morgan fingerprint density at radius 1 is 1.70 bits per heavy atom. The highest BCUT2D eigenvalue weighted by molar-refractivity contribution is 6.16. The van der Waals surface area contributed by atoms with E-state index in [4.69, 9.17) is 16.0 Å². The van der Waals surface area contributed by atoms with Crippen LogP contribution in [0.5, 0.6) is 0 Å². The van der Waals surface area contributed by atoms with E-state index < -0.39 is 0 Å². The Balaban J connectivity index is 2.78. The maximum absolute atomic E-state index is 5.49. The Bertz CT molecular complexity index is 207. The van der Waals surface area contributed by atoms with Crippen LogP contribution in [0.25, 0.3) is 0 Å². The largest absolute Gasteiger partial charge is 0.447 e. The van der Waals surface area contributed by atoms with Crippen LogP contribution >= 0.6 is 11.6 Å². The summed E-state index contributed by atoms with van der Waals surface area (Å²) < 4.78 is 5.03. The van der Waals surface area contributed by atoms with E-state index in [1.807, 2.05) is 0 Å². The predicted octanol–water partition coefficient (Wildman–Crippen LogP) is 2.54. The summed E-state index contributed by atoms with van der Waals surface area (Å²) >= 11 is 5.49. The van der Waals surface area contributed by atoms with Gasteiger partial charge in [-0.2, -0.15) is 0 Å². The fourth-order valence-corrected chi connectivity index (χ4v) is 0.774. The Morgan fingerprint density at radius 3 is 2.70 bits per heavy atom. The normalized spacial score (nSPS) is 10.8. The minimum atomic E-state index is 0.354. The van der Waals surface area contributed by atoms with Gasteiger partial charge in [0.25, 0.3) is 0 Å². The minimum absolute atomic E-state index is 0.354. The molecule has 1 aromatic rings. The molecule has 1 aromatic heterocycles. The molecule has 0 radical (unpaired) electrons. The molecule has 1 rings (SSSR count). The molecule has 0 atom stereocenters. The lowest BCUT2D eigenvalue weighted by molar-refractivity contribution is 0.515. The molecule has 1 heterocycles. The van der Waals surface area contributed by atoms with Gasteiger partial charge in [0, 0.05) is 0 Å². The number of nitrogens with zero attached hydrogens (tertiary/aromatic N) is 1. The fourth-order valence-electron chi connectivity index (χ4n) is 0.652. The van der Waals surface area contributed by atoms with Gasteiger partial charge < -0.3 is 4.42 Å². The molecule has 0 spiro atoms. The van der Waals surface area contributed by atoms with Crippen LogP contribution in [0.2, 0.25) is 0 Å². The van der Waals surface area contributed by atoms with Crippen molar-refractivity contribution in [2.24, 2.45) is 0 Å². The number of alkyl halides is 1. The number of hydrogen-bond donors (Lipinski definition) is 0. The van der Waals surface area contributed by atoms with E-state index in [2.05, 4.69) is 18.8 Å². The summed E-state index contributed by atoms with van der Waals surface area (Å²) in [4.78, 5) is 4.13. The summed E-state index contributed by atoms with van der Waals surface area (Å²) in [5.74, 6) is 1.37. The number of halogens is 1. The molecule has 0 bridgehead atoms. The first-order chi connectivity index (χ1) is 4.74. The van der Waals surface area contributed by atoms with Gasteiger partial charge in [-0.3, -0.25) is 0 Å². The molecule has 0 amide bonds. The van der Waals surface area contributed by atoms with Crippen molar-refractivity contribution in [1.29, 1.82) is 0 Å². The zero-order valence-electron chi connectivity index (χ0n) is 6.10. The van der Waals surface area contributed by atoms with Gasteiger partial charge in [0.05, 0.1) is 11.6 Å². The summed E-state index contributed by atoms with van der Waals surface area (Å²) in [6, 6.07) is 0. The van der Waals surface area contributed by atoms with Gasteiger partial charge >= 0.3 is 0 Å². The van der Waals surface area contributed by atoms with Crippen LogP contribution in [0.4, 0.5) is 0 Å². The second kappa shape index (κ2) is 3.06. The van der Waals surface area contributed by atoms with E-state index in [1.54, 1.807) is 6.26 Å². The molecule has 0 aliphatic carbocycles. The van der Waals surface area contributed by atoms with Crippen LogP contribution in [0, 0.1) is 0 Å². The summed E-state index contributed by atoms with van der Waals surface area (Å²) in [6.07, 6.45) is 1.66. The predicted molar refractivity (Wildman–Crippen MR) is 40.1 cm³/mol.